The van der Waals surface area contributed by atoms with Crippen LogP contribution in [0.3, 0.4) is 0 Å². The van der Waals surface area contributed by atoms with Gasteiger partial charge in [-0.2, -0.15) is 13.2 Å². The summed E-state index contributed by atoms with van der Waals surface area (Å²) in [6.07, 6.45) is -2.70. The maximum absolute atomic E-state index is 12.3. The molecule has 0 saturated carbocycles. The molecule has 94 valence electrons. The largest absolute Gasteiger partial charge is 0.405 e. The monoisotopic (exact) mass is 248 g/mol. The van der Waals surface area contributed by atoms with Crippen LogP contribution in [-0.4, -0.2) is 42.2 Å². The van der Waals surface area contributed by atoms with Gasteiger partial charge in [-0.25, -0.2) is 4.98 Å². The van der Waals surface area contributed by atoms with E-state index in [4.69, 9.17) is 5.11 Å². The summed E-state index contributed by atoms with van der Waals surface area (Å²) in [6, 6.07) is 2.83. The molecular weight excluding hydrogens is 237 g/mol. The molecule has 0 spiro atoms. The summed E-state index contributed by atoms with van der Waals surface area (Å²) in [7, 11) is 0. The Hall–Kier alpha value is -1.63. The summed E-state index contributed by atoms with van der Waals surface area (Å²) >= 11 is 0. The van der Waals surface area contributed by atoms with Gasteiger partial charge in [-0.3, -0.25) is 4.79 Å². The average molecular weight is 248 g/mol. The van der Waals surface area contributed by atoms with Gasteiger partial charge in [0.05, 0.1) is 12.2 Å². The third-order valence-corrected chi connectivity index (χ3v) is 1.98. The molecule has 0 aliphatic rings. The quantitative estimate of drug-likeness (QED) is 0.797. The van der Waals surface area contributed by atoms with Gasteiger partial charge in [-0.05, 0) is 12.1 Å². The first-order valence-electron chi connectivity index (χ1n) is 4.80. The van der Waals surface area contributed by atoms with Crippen LogP contribution >= 0.6 is 0 Å². The van der Waals surface area contributed by atoms with Crippen molar-refractivity contribution in [3.05, 3.63) is 23.9 Å². The number of hydrogen-bond donors (Lipinski definition) is 1. The lowest BCUT2D eigenvalue weighted by molar-refractivity contribution is -0.120. The number of hydrogen-bond acceptors (Lipinski definition) is 4. The summed E-state index contributed by atoms with van der Waals surface area (Å²) in [4.78, 5) is 15.3. The predicted octanol–water partition coefficient (Wildman–Crippen LogP) is 1.26. The van der Waals surface area contributed by atoms with E-state index in [1.165, 1.54) is 18.3 Å². The molecular formula is C10H11F3N2O2. The second kappa shape index (κ2) is 5.62. The zero-order valence-electron chi connectivity index (χ0n) is 8.81. The number of anilines is 1. The van der Waals surface area contributed by atoms with Gasteiger partial charge in [-0.15, -0.1) is 0 Å². The normalized spacial score (nSPS) is 11.3. The van der Waals surface area contributed by atoms with Crippen LogP contribution in [0.25, 0.3) is 0 Å². The van der Waals surface area contributed by atoms with Gasteiger partial charge in [0.25, 0.3) is 0 Å². The van der Waals surface area contributed by atoms with Crippen LogP contribution in [0.1, 0.15) is 10.4 Å². The minimum absolute atomic E-state index is 0.0604. The van der Waals surface area contributed by atoms with Crippen molar-refractivity contribution in [2.75, 3.05) is 24.6 Å². The van der Waals surface area contributed by atoms with E-state index in [-0.39, 0.29) is 17.9 Å². The van der Waals surface area contributed by atoms with Gasteiger partial charge in [0.15, 0.2) is 6.29 Å². The molecule has 1 aromatic heterocycles. The van der Waals surface area contributed by atoms with Gasteiger partial charge in [0.2, 0.25) is 0 Å². The van der Waals surface area contributed by atoms with Gasteiger partial charge in [0.1, 0.15) is 12.4 Å². The first-order valence-corrected chi connectivity index (χ1v) is 4.80. The maximum atomic E-state index is 12.3. The number of rotatable bonds is 5. The number of alkyl halides is 3. The van der Waals surface area contributed by atoms with Crippen molar-refractivity contribution in [2.45, 2.75) is 6.18 Å². The van der Waals surface area contributed by atoms with E-state index in [2.05, 4.69) is 4.98 Å². The minimum Gasteiger partial charge on any atom is -0.395 e. The van der Waals surface area contributed by atoms with Crippen molar-refractivity contribution in [1.82, 2.24) is 4.98 Å². The Balaban J connectivity index is 3.00. The topological polar surface area (TPSA) is 53.4 Å². The zero-order chi connectivity index (χ0) is 12.9. The van der Waals surface area contributed by atoms with Crippen molar-refractivity contribution < 1.29 is 23.1 Å². The lowest BCUT2D eigenvalue weighted by Gasteiger charge is -2.24. The number of aliphatic hydroxyl groups is 1. The van der Waals surface area contributed by atoms with Crippen LogP contribution < -0.4 is 4.90 Å². The molecule has 0 unspecified atom stereocenters. The Morgan fingerprint density at radius 3 is 2.71 bits per heavy atom. The second-order valence-electron chi connectivity index (χ2n) is 3.29. The third kappa shape index (κ3) is 4.03. The number of aromatic nitrogens is 1. The molecule has 0 saturated heterocycles. The number of nitrogens with zero attached hydrogens (tertiary/aromatic N) is 2. The minimum atomic E-state index is -4.42. The Morgan fingerprint density at radius 2 is 2.18 bits per heavy atom. The Kier molecular flexibility index (Phi) is 4.45. The number of pyridine rings is 1. The van der Waals surface area contributed by atoms with Crippen molar-refractivity contribution >= 4 is 12.1 Å². The number of halogens is 3. The van der Waals surface area contributed by atoms with Crippen molar-refractivity contribution in [2.24, 2.45) is 0 Å². The molecule has 0 radical (unpaired) electrons. The Morgan fingerprint density at radius 1 is 1.47 bits per heavy atom. The van der Waals surface area contributed by atoms with E-state index in [1.54, 1.807) is 0 Å². The van der Waals surface area contributed by atoms with Crippen LogP contribution in [0.4, 0.5) is 19.0 Å². The SMILES string of the molecule is O=Cc1cccnc1N(CCO)CC(F)(F)F. The van der Waals surface area contributed by atoms with Crippen LogP contribution in [0, 0.1) is 0 Å². The highest BCUT2D eigenvalue weighted by molar-refractivity contribution is 5.82. The molecule has 0 fully saturated rings. The predicted molar refractivity (Wildman–Crippen MR) is 55.0 cm³/mol. The van der Waals surface area contributed by atoms with Crippen molar-refractivity contribution in [3.8, 4) is 0 Å². The van der Waals surface area contributed by atoms with Gasteiger partial charge < -0.3 is 10.0 Å². The molecule has 17 heavy (non-hydrogen) atoms. The number of aldehydes is 1. The summed E-state index contributed by atoms with van der Waals surface area (Å²) in [6.45, 7) is -1.95. The first-order chi connectivity index (χ1) is 7.98. The van der Waals surface area contributed by atoms with Gasteiger partial charge in [-0.1, -0.05) is 0 Å². The van der Waals surface area contributed by atoms with E-state index in [1.807, 2.05) is 0 Å². The zero-order valence-corrected chi connectivity index (χ0v) is 8.81. The molecule has 0 atom stereocenters. The van der Waals surface area contributed by atoms with Crippen LogP contribution in [-0.2, 0) is 0 Å². The van der Waals surface area contributed by atoms with Crippen molar-refractivity contribution in [1.29, 1.82) is 0 Å². The molecule has 0 aliphatic heterocycles. The molecule has 1 rings (SSSR count). The van der Waals surface area contributed by atoms with Crippen molar-refractivity contribution in [3.63, 3.8) is 0 Å². The molecule has 0 amide bonds. The lowest BCUT2D eigenvalue weighted by atomic mass is 10.2. The van der Waals surface area contributed by atoms with Crippen LogP contribution in [0.5, 0.6) is 0 Å². The van der Waals surface area contributed by atoms with Gasteiger partial charge >= 0.3 is 6.18 Å². The summed E-state index contributed by atoms with van der Waals surface area (Å²) in [5.74, 6) is -0.0751. The van der Waals surface area contributed by atoms with Crippen LogP contribution in [0.15, 0.2) is 18.3 Å². The third-order valence-electron chi connectivity index (χ3n) is 1.98. The average Bonchev–Trinajstić information content (AvgIpc) is 2.27. The number of carbonyl (C=O) groups is 1. The second-order valence-corrected chi connectivity index (χ2v) is 3.29. The highest BCUT2D eigenvalue weighted by atomic mass is 19.4. The van der Waals surface area contributed by atoms with Gasteiger partial charge in [0, 0.05) is 12.7 Å². The molecule has 0 aliphatic carbocycles. The fourth-order valence-corrected chi connectivity index (χ4v) is 1.36. The standard InChI is InChI=1S/C10H11F3N2O2/c11-10(12,13)7-15(4-5-16)9-8(6-17)2-1-3-14-9/h1-3,6,16H,4-5,7H2. The summed E-state index contributed by atoms with van der Waals surface area (Å²) < 4.78 is 36.9. The van der Waals surface area contributed by atoms with E-state index in [9.17, 15) is 18.0 Å². The number of carbonyl (C=O) groups excluding carboxylic acids is 1. The number of aliphatic hydroxyl groups excluding tert-OH is 1. The van der Waals surface area contributed by atoms with Crippen LogP contribution in [0.2, 0.25) is 0 Å². The Labute approximate surface area is 95.7 Å². The Bertz CT molecular complexity index is 382. The highest BCUT2D eigenvalue weighted by Crippen LogP contribution is 2.22. The maximum Gasteiger partial charge on any atom is 0.405 e. The summed E-state index contributed by atoms with van der Waals surface area (Å²) in [5.41, 5.74) is 0.0604. The molecule has 0 aromatic carbocycles. The molecule has 1 heterocycles. The molecule has 1 N–H and O–H groups in total. The van der Waals surface area contributed by atoms with E-state index < -0.39 is 19.3 Å². The fraction of sp³-hybridized carbons (Fsp3) is 0.400. The molecule has 4 nitrogen and oxygen atoms in total. The smallest absolute Gasteiger partial charge is 0.395 e. The fourth-order valence-electron chi connectivity index (χ4n) is 1.36. The molecule has 0 bridgehead atoms. The van der Waals surface area contributed by atoms with E-state index >= 15 is 0 Å². The first kappa shape index (κ1) is 13.4. The molecule has 7 heteroatoms. The highest BCUT2D eigenvalue weighted by Gasteiger charge is 2.31. The lowest BCUT2D eigenvalue weighted by Crippen LogP contribution is -2.37. The van der Waals surface area contributed by atoms with E-state index in [0.29, 0.717) is 6.29 Å². The summed E-state index contributed by atoms with van der Waals surface area (Å²) in [5, 5.41) is 8.73. The van der Waals surface area contributed by atoms with E-state index in [0.717, 1.165) is 4.90 Å². The molecule has 1 aromatic rings.